The van der Waals surface area contributed by atoms with E-state index in [2.05, 4.69) is 0 Å². The SMILES string of the molecule is COc1ccccc1/C(O)=C1/C(=O)C(=O)N(C2CCCC2)C1c1ccc(C)o1. The smallest absolute Gasteiger partial charge is 0.296 e. The number of aryl methyl sites for hydroxylation is 1. The van der Waals surface area contributed by atoms with Gasteiger partial charge in [-0.15, -0.1) is 0 Å². The number of hydrogen-bond donors (Lipinski definition) is 1. The second kappa shape index (κ2) is 7.19. The molecule has 2 aromatic rings. The van der Waals surface area contributed by atoms with Gasteiger partial charge in [0.05, 0.1) is 18.2 Å². The first-order valence-corrected chi connectivity index (χ1v) is 9.52. The summed E-state index contributed by atoms with van der Waals surface area (Å²) in [6.45, 7) is 1.81. The van der Waals surface area contributed by atoms with E-state index in [1.54, 1.807) is 41.3 Å². The zero-order chi connectivity index (χ0) is 19.8. The van der Waals surface area contributed by atoms with Gasteiger partial charge in [-0.1, -0.05) is 25.0 Å². The summed E-state index contributed by atoms with van der Waals surface area (Å²) < 4.78 is 11.1. The maximum Gasteiger partial charge on any atom is 0.296 e. The fourth-order valence-electron chi connectivity index (χ4n) is 4.27. The van der Waals surface area contributed by atoms with Crippen molar-refractivity contribution in [3.63, 3.8) is 0 Å². The van der Waals surface area contributed by atoms with Gasteiger partial charge < -0.3 is 19.2 Å². The van der Waals surface area contributed by atoms with Gasteiger partial charge in [0, 0.05) is 6.04 Å². The van der Waals surface area contributed by atoms with Crippen molar-refractivity contribution in [3.8, 4) is 5.75 Å². The predicted octanol–water partition coefficient (Wildman–Crippen LogP) is 3.96. The number of ether oxygens (including phenoxy) is 1. The van der Waals surface area contributed by atoms with Gasteiger partial charge in [-0.05, 0) is 44.0 Å². The molecule has 2 aliphatic rings. The van der Waals surface area contributed by atoms with Crippen molar-refractivity contribution in [1.82, 2.24) is 4.90 Å². The molecule has 1 aliphatic heterocycles. The van der Waals surface area contributed by atoms with Crippen LogP contribution in [0.25, 0.3) is 5.76 Å². The molecular weight excluding hydrogens is 358 g/mol. The lowest BCUT2D eigenvalue weighted by atomic mass is 9.98. The first kappa shape index (κ1) is 18.3. The Labute approximate surface area is 163 Å². The maximum atomic E-state index is 13.0. The van der Waals surface area contributed by atoms with E-state index >= 15 is 0 Å². The Morgan fingerprint density at radius 2 is 1.86 bits per heavy atom. The van der Waals surface area contributed by atoms with Crippen molar-refractivity contribution in [3.05, 3.63) is 59.1 Å². The molecule has 1 saturated heterocycles. The van der Waals surface area contributed by atoms with E-state index in [1.165, 1.54) is 7.11 Å². The van der Waals surface area contributed by atoms with E-state index in [4.69, 9.17) is 9.15 Å². The van der Waals surface area contributed by atoms with Crippen LogP contribution >= 0.6 is 0 Å². The number of ketones is 1. The number of carbonyl (C=O) groups is 2. The van der Waals surface area contributed by atoms with Crippen LogP contribution in [-0.4, -0.2) is 34.8 Å². The number of amides is 1. The minimum atomic E-state index is -0.735. The molecule has 1 aromatic heterocycles. The summed E-state index contributed by atoms with van der Waals surface area (Å²) in [6.07, 6.45) is 3.73. The second-order valence-corrected chi connectivity index (χ2v) is 7.29. The Morgan fingerprint density at radius 3 is 2.50 bits per heavy atom. The number of aliphatic hydroxyl groups is 1. The van der Waals surface area contributed by atoms with E-state index in [9.17, 15) is 14.7 Å². The molecule has 0 spiro atoms. The third-order valence-corrected chi connectivity index (χ3v) is 5.59. The third-order valence-electron chi connectivity index (χ3n) is 5.59. The number of hydrogen-bond acceptors (Lipinski definition) is 5. The highest BCUT2D eigenvalue weighted by Crippen LogP contribution is 2.44. The molecule has 2 fully saturated rings. The van der Waals surface area contributed by atoms with Gasteiger partial charge >= 0.3 is 0 Å². The minimum Gasteiger partial charge on any atom is -0.507 e. The summed E-state index contributed by atoms with van der Waals surface area (Å²) >= 11 is 0. The molecule has 146 valence electrons. The monoisotopic (exact) mass is 381 g/mol. The highest BCUT2D eigenvalue weighted by molar-refractivity contribution is 6.46. The van der Waals surface area contributed by atoms with Crippen molar-refractivity contribution in [2.75, 3.05) is 7.11 Å². The summed E-state index contributed by atoms with van der Waals surface area (Å²) in [5.41, 5.74) is 0.429. The van der Waals surface area contributed by atoms with E-state index in [-0.39, 0.29) is 17.4 Å². The molecule has 28 heavy (non-hydrogen) atoms. The molecular formula is C22H23NO5. The average Bonchev–Trinajstić information content (AvgIpc) is 3.42. The van der Waals surface area contributed by atoms with Crippen LogP contribution in [0.3, 0.4) is 0 Å². The number of likely N-dealkylation sites (tertiary alicyclic amines) is 1. The van der Waals surface area contributed by atoms with Crippen molar-refractivity contribution in [2.24, 2.45) is 0 Å². The molecule has 6 heteroatoms. The first-order chi connectivity index (χ1) is 13.5. The minimum absolute atomic E-state index is 0.0326. The van der Waals surface area contributed by atoms with Crippen LogP contribution in [0.5, 0.6) is 5.75 Å². The Hall–Kier alpha value is -3.02. The molecule has 6 nitrogen and oxygen atoms in total. The number of rotatable bonds is 4. The van der Waals surface area contributed by atoms with Crippen LogP contribution in [0.15, 0.2) is 46.4 Å². The van der Waals surface area contributed by atoms with Crippen molar-refractivity contribution >= 4 is 17.4 Å². The number of aliphatic hydroxyl groups excluding tert-OH is 1. The van der Waals surface area contributed by atoms with Gasteiger partial charge in [-0.3, -0.25) is 9.59 Å². The number of benzene rings is 1. The van der Waals surface area contributed by atoms with Crippen molar-refractivity contribution in [2.45, 2.75) is 44.7 Å². The number of carbonyl (C=O) groups excluding carboxylic acids is 2. The topological polar surface area (TPSA) is 80.0 Å². The summed E-state index contributed by atoms with van der Waals surface area (Å²) in [4.78, 5) is 27.5. The Kier molecular flexibility index (Phi) is 4.71. The molecule has 1 amide bonds. The quantitative estimate of drug-likeness (QED) is 0.493. The Bertz CT molecular complexity index is 951. The van der Waals surface area contributed by atoms with E-state index in [1.807, 2.05) is 6.92 Å². The van der Waals surface area contributed by atoms with Crippen LogP contribution in [0.4, 0.5) is 0 Å². The summed E-state index contributed by atoms with van der Waals surface area (Å²) in [5, 5.41) is 11.1. The van der Waals surface area contributed by atoms with Gasteiger partial charge in [0.2, 0.25) is 0 Å². The highest BCUT2D eigenvalue weighted by Gasteiger charge is 2.50. The van der Waals surface area contributed by atoms with Gasteiger partial charge in [-0.2, -0.15) is 0 Å². The number of furan rings is 1. The lowest BCUT2D eigenvalue weighted by molar-refractivity contribution is -0.141. The van der Waals surface area contributed by atoms with Crippen LogP contribution in [0.2, 0.25) is 0 Å². The van der Waals surface area contributed by atoms with Crippen molar-refractivity contribution in [1.29, 1.82) is 0 Å². The normalized spacial score (nSPS) is 22.2. The summed E-state index contributed by atoms with van der Waals surface area (Å²) in [6, 6.07) is 9.69. The molecule has 1 N–H and O–H groups in total. The number of nitrogens with zero attached hydrogens (tertiary/aromatic N) is 1. The third kappa shape index (κ3) is 2.89. The number of methoxy groups -OCH3 is 1. The van der Waals surface area contributed by atoms with Gasteiger partial charge in [0.1, 0.15) is 29.1 Å². The Balaban J connectivity index is 1.90. The molecule has 0 bridgehead atoms. The zero-order valence-electron chi connectivity index (χ0n) is 16.0. The summed E-state index contributed by atoms with van der Waals surface area (Å²) in [7, 11) is 1.50. The van der Waals surface area contributed by atoms with E-state index < -0.39 is 17.7 Å². The number of Topliss-reactive ketones (excluding diaryl/α,β-unsaturated/α-hetero) is 1. The van der Waals surface area contributed by atoms with E-state index in [0.717, 1.165) is 25.7 Å². The molecule has 1 atom stereocenters. The average molecular weight is 381 g/mol. The fourth-order valence-corrected chi connectivity index (χ4v) is 4.27. The second-order valence-electron chi connectivity index (χ2n) is 7.29. The molecule has 2 heterocycles. The zero-order valence-corrected chi connectivity index (χ0v) is 16.0. The molecule has 1 aromatic carbocycles. The number of para-hydroxylation sites is 1. The van der Waals surface area contributed by atoms with Gasteiger partial charge in [0.15, 0.2) is 0 Å². The van der Waals surface area contributed by atoms with E-state index in [0.29, 0.717) is 22.8 Å². The predicted molar refractivity (Wildman–Crippen MR) is 103 cm³/mol. The largest absolute Gasteiger partial charge is 0.507 e. The molecule has 1 saturated carbocycles. The van der Waals surface area contributed by atoms with Gasteiger partial charge in [0.25, 0.3) is 11.7 Å². The molecule has 1 aliphatic carbocycles. The van der Waals surface area contributed by atoms with Gasteiger partial charge in [-0.25, -0.2) is 0 Å². The van der Waals surface area contributed by atoms with Crippen LogP contribution in [0, 0.1) is 6.92 Å². The van der Waals surface area contributed by atoms with Crippen LogP contribution in [-0.2, 0) is 9.59 Å². The molecule has 0 radical (unpaired) electrons. The fraction of sp³-hybridized carbons (Fsp3) is 0.364. The van der Waals surface area contributed by atoms with Crippen molar-refractivity contribution < 1.29 is 23.8 Å². The standard InChI is InChI=1S/C22H23NO5/c1-13-11-12-17(28-13)19-18(20(24)15-9-5-6-10-16(15)27-2)21(25)22(26)23(19)14-7-3-4-8-14/h5-6,9-12,14,19,24H,3-4,7-8H2,1-2H3/b20-18-. The Morgan fingerprint density at radius 1 is 1.14 bits per heavy atom. The van der Waals surface area contributed by atoms with Crippen LogP contribution < -0.4 is 4.74 Å². The first-order valence-electron chi connectivity index (χ1n) is 9.52. The van der Waals surface area contributed by atoms with Crippen LogP contribution in [0.1, 0.15) is 48.8 Å². The molecule has 4 rings (SSSR count). The highest BCUT2D eigenvalue weighted by atomic mass is 16.5. The lowest BCUT2D eigenvalue weighted by Crippen LogP contribution is -2.37. The summed E-state index contributed by atoms with van der Waals surface area (Å²) in [5.74, 6) is 0.0953. The molecule has 1 unspecified atom stereocenters. The lowest BCUT2D eigenvalue weighted by Gasteiger charge is -2.29. The maximum absolute atomic E-state index is 13.0.